The van der Waals surface area contributed by atoms with Crippen molar-refractivity contribution in [3.63, 3.8) is 0 Å². The van der Waals surface area contributed by atoms with Gasteiger partial charge in [-0.05, 0) is 25.1 Å². The predicted molar refractivity (Wildman–Crippen MR) is 81.4 cm³/mol. The van der Waals surface area contributed by atoms with Gasteiger partial charge in [0.25, 0.3) is 5.91 Å². The van der Waals surface area contributed by atoms with Crippen LogP contribution in [0.4, 0.5) is 5.69 Å². The molecule has 2 heterocycles. The third kappa shape index (κ3) is 1.83. The molecule has 1 fully saturated rings. The van der Waals surface area contributed by atoms with Crippen molar-refractivity contribution < 1.29 is 9.53 Å². The summed E-state index contributed by atoms with van der Waals surface area (Å²) in [5, 5.41) is 9.50. The van der Waals surface area contributed by atoms with Gasteiger partial charge in [-0.1, -0.05) is 35.9 Å². The predicted octanol–water partition coefficient (Wildman–Crippen LogP) is 2.99. The summed E-state index contributed by atoms with van der Waals surface area (Å²) in [6, 6.07) is 16.7. The van der Waals surface area contributed by atoms with E-state index in [1.165, 1.54) is 0 Å². The van der Waals surface area contributed by atoms with E-state index >= 15 is 0 Å². The van der Waals surface area contributed by atoms with Crippen LogP contribution < -0.4 is 4.90 Å². The Bertz CT molecular complexity index is 791. The summed E-state index contributed by atoms with van der Waals surface area (Å²) in [5.74, 6) is -0.159. The highest BCUT2D eigenvalue weighted by molar-refractivity contribution is 6.08. The van der Waals surface area contributed by atoms with Crippen molar-refractivity contribution in [3.05, 3.63) is 65.2 Å². The summed E-state index contributed by atoms with van der Waals surface area (Å²) in [4.78, 5) is 14.5. The Morgan fingerprint density at radius 3 is 2.64 bits per heavy atom. The number of ether oxygens (including phenoxy) is 1. The number of nitrogens with zero attached hydrogens (tertiary/aromatic N) is 2. The molecule has 0 spiro atoms. The van der Waals surface area contributed by atoms with Gasteiger partial charge in [-0.25, -0.2) is 0 Å². The van der Waals surface area contributed by atoms with Crippen LogP contribution in [-0.4, -0.2) is 18.1 Å². The summed E-state index contributed by atoms with van der Waals surface area (Å²) in [5.41, 5.74) is 3.44. The Hall–Kier alpha value is -2.64. The SMILES string of the molecule is Cc1ccc(C(=O)N2c3ccccc3[C@@H]3O[C@@H]3[C@H]2C#N)cc1. The lowest BCUT2D eigenvalue weighted by molar-refractivity contribution is 0.0977. The fraction of sp³-hybridized carbons (Fsp3) is 0.222. The molecule has 108 valence electrons. The van der Waals surface area contributed by atoms with Crippen LogP contribution in [0.15, 0.2) is 48.5 Å². The Kier molecular flexibility index (Phi) is 2.78. The quantitative estimate of drug-likeness (QED) is 0.759. The number of para-hydroxylation sites is 1. The highest BCUT2D eigenvalue weighted by atomic mass is 16.6. The summed E-state index contributed by atoms with van der Waals surface area (Å²) >= 11 is 0. The normalized spacial score (nSPS) is 24.9. The van der Waals surface area contributed by atoms with Gasteiger partial charge >= 0.3 is 0 Å². The van der Waals surface area contributed by atoms with Crippen molar-refractivity contribution in [2.24, 2.45) is 0 Å². The molecular weight excluding hydrogens is 276 g/mol. The van der Waals surface area contributed by atoms with E-state index in [1.807, 2.05) is 43.3 Å². The van der Waals surface area contributed by atoms with Crippen LogP contribution in [0.1, 0.15) is 27.6 Å². The van der Waals surface area contributed by atoms with E-state index in [0.717, 1.165) is 16.8 Å². The van der Waals surface area contributed by atoms with Gasteiger partial charge in [0, 0.05) is 11.1 Å². The van der Waals surface area contributed by atoms with E-state index < -0.39 is 6.04 Å². The first kappa shape index (κ1) is 13.1. The molecule has 4 rings (SSSR count). The molecule has 0 radical (unpaired) electrons. The number of hydrogen-bond acceptors (Lipinski definition) is 3. The van der Waals surface area contributed by atoms with E-state index in [1.54, 1.807) is 17.0 Å². The zero-order valence-corrected chi connectivity index (χ0v) is 12.1. The second-order valence-electron chi connectivity index (χ2n) is 5.70. The molecule has 4 nitrogen and oxygen atoms in total. The molecule has 4 heteroatoms. The summed E-state index contributed by atoms with van der Waals surface area (Å²) in [6.07, 6.45) is -0.266. The minimum Gasteiger partial charge on any atom is -0.361 e. The van der Waals surface area contributed by atoms with Crippen molar-refractivity contribution in [3.8, 4) is 6.07 Å². The molecule has 3 atom stereocenters. The molecular formula is C18H14N2O2. The number of carbonyl (C=O) groups is 1. The number of nitriles is 1. The maximum absolute atomic E-state index is 12.9. The number of carbonyl (C=O) groups excluding carboxylic acids is 1. The van der Waals surface area contributed by atoms with Crippen molar-refractivity contribution in [1.29, 1.82) is 5.26 Å². The highest BCUT2D eigenvalue weighted by Crippen LogP contribution is 2.51. The average molecular weight is 290 g/mol. The highest BCUT2D eigenvalue weighted by Gasteiger charge is 2.55. The molecule has 1 amide bonds. The zero-order valence-electron chi connectivity index (χ0n) is 12.1. The van der Waals surface area contributed by atoms with Gasteiger partial charge < -0.3 is 4.74 Å². The average Bonchev–Trinajstić information content (AvgIpc) is 3.34. The molecule has 0 aliphatic carbocycles. The van der Waals surface area contributed by atoms with Crippen LogP contribution >= 0.6 is 0 Å². The van der Waals surface area contributed by atoms with Crippen LogP contribution in [0.3, 0.4) is 0 Å². The smallest absolute Gasteiger partial charge is 0.259 e. The van der Waals surface area contributed by atoms with Crippen LogP contribution in [0.25, 0.3) is 0 Å². The van der Waals surface area contributed by atoms with Crippen LogP contribution in [0, 0.1) is 18.3 Å². The second kappa shape index (κ2) is 4.69. The fourth-order valence-electron chi connectivity index (χ4n) is 3.06. The summed E-state index contributed by atoms with van der Waals surface area (Å²) in [7, 11) is 0. The maximum Gasteiger partial charge on any atom is 0.259 e. The molecule has 2 aliphatic heterocycles. The van der Waals surface area contributed by atoms with E-state index in [2.05, 4.69) is 6.07 Å². The third-order valence-corrected chi connectivity index (χ3v) is 4.27. The van der Waals surface area contributed by atoms with E-state index in [9.17, 15) is 10.1 Å². The van der Waals surface area contributed by atoms with Gasteiger partial charge in [-0.2, -0.15) is 5.26 Å². The minimum atomic E-state index is -0.575. The Labute approximate surface area is 128 Å². The molecule has 1 saturated heterocycles. The number of fused-ring (bicyclic) bond motifs is 3. The number of hydrogen-bond donors (Lipinski definition) is 0. The van der Waals surface area contributed by atoms with E-state index in [4.69, 9.17) is 4.74 Å². The van der Waals surface area contributed by atoms with Gasteiger partial charge in [0.2, 0.25) is 0 Å². The van der Waals surface area contributed by atoms with Gasteiger partial charge in [-0.3, -0.25) is 9.69 Å². The van der Waals surface area contributed by atoms with Crippen molar-refractivity contribution in [2.75, 3.05) is 4.90 Å². The number of benzene rings is 2. The molecule has 0 aromatic heterocycles. The molecule has 2 aliphatic rings. The number of epoxide rings is 1. The molecule has 0 saturated carbocycles. The Morgan fingerprint density at radius 2 is 1.91 bits per heavy atom. The standard InChI is InChI=1S/C18H14N2O2/c1-11-6-8-12(9-7-11)18(21)20-14-5-3-2-4-13(14)16-17(22-16)15(20)10-19/h2-9,15-17H,1H3/t15-,16+,17-/m1/s1. The van der Waals surface area contributed by atoms with Crippen molar-refractivity contribution in [1.82, 2.24) is 0 Å². The molecule has 0 unspecified atom stereocenters. The van der Waals surface area contributed by atoms with Crippen LogP contribution in [0.2, 0.25) is 0 Å². The molecule has 22 heavy (non-hydrogen) atoms. The number of rotatable bonds is 1. The Morgan fingerprint density at radius 1 is 1.18 bits per heavy atom. The van der Waals surface area contributed by atoms with Crippen LogP contribution in [-0.2, 0) is 4.74 Å². The van der Waals surface area contributed by atoms with E-state index in [0.29, 0.717) is 5.56 Å². The number of aryl methyl sites for hydroxylation is 1. The first-order valence-corrected chi connectivity index (χ1v) is 7.25. The van der Waals surface area contributed by atoms with Crippen molar-refractivity contribution in [2.45, 2.75) is 25.2 Å². The summed E-state index contributed by atoms with van der Waals surface area (Å²) in [6.45, 7) is 1.98. The molecule has 2 aromatic carbocycles. The molecule has 2 aromatic rings. The lowest BCUT2D eigenvalue weighted by Gasteiger charge is -2.31. The van der Waals surface area contributed by atoms with Gasteiger partial charge in [0.1, 0.15) is 12.2 Å². The van der Waals surface area contributed by atoms with Gasteiger partial charge in [-0.15, -0.1) is 0 Å². The van der Waals surface area contributed by atoms with Crippen LogP contribution in [0.5, 0.6) is 0 Å². The zero-order chi connectivity index (χ0) is 15.3. The topological polar surface area (TPSA) is 56.6 Å². The molecule has 0 N–H and O–H groups in total. The second-order valence-corrected chi connectivity index (χ2v) is 5.70. The number of amides is 1. The summed E-state index contributed by atoms with van der Waals surface area (Å²) < 4.78 is 5.63. The lowest BCUT2D eigenvalue weighted by atomic mass is 9.95. The number of anilines is 1. The largest absolute Gasteiger partial charge is 0.361 e. The minimum absolute atomic E-state index is 0.0529. The maximum atomic E-state index is 12.9. The first-order chi connectivity index (χ1) is 10.7. The lowest BCUT2D eigenvalue weighted by Crippen LogP contribution is -2.45. The third-order valence-electron chi connectivity index (χ3n) is 4.27. The fourth-order valence-corrected chi connectivity index (χ4v) is 3.06. The van der Waals surface area contributed by atoms with Gasteiger partial charge in [0.15, 0.2) is 6.04 Å². The molecule has 0 bridgehead atoms. The first-order valence-electron chi connectivity index (χ1n) is 7.25. The van der Waals surface area contributed by atoms with E-state index in [-0.39, 0.29) is 18.1 Å². The van der Waals surface area contributed by atoms with Gasteiger partial charge in [0.05, 0.1) is 11.8 Å². The Balaban J connectivity index is 1.80. The monoisotopic (exact) mass is 290 g/mol. The van der Waals surface area contributed by atoms with Crippen molar-refractivity contribution >= 4 is 11.6 Å².